The zero-order valence-electron chi connectivity index (χ0n) is 35.1. The predicted molar refractivity (Wildman–Crippen MR) is 216 cm³/mol. The number of ether oxygens (including phenoxy) is 2. The van der Waals surface area contributed by atoms with Gasteiger partial charge in [-0.25, -0.2) is 4.57 Å². The number of hydrogen-bond donors (Lipinski definition) is 3. The third-order valence-corrected chi connectivity index (χ3v) is 11.2. The number of phosphoric ester groups is 1. The first-order valence-corrected chi connectivity index (χ1v) is 23.0. The van der Waals surface area contributed by atoms with Crippen molar-refractivity contribution in [3.05, 3.63) is 12.2 Å². The fraction of sp³-hybridized carbons (Fsp3) is 0.881. The number of aliphatic hydroxyl groups excluding tert-OH is 2. The molecule has 0 heterocycles. The molecule has 0 radical (unpaired) electrons. The Balaban J connectivity index is 2.51. The number of carbonyl (C=O) groups excluding carboxylic acids is 3. The quantitative estimate of drug-likeness (QED) is 0.0185. The number of likely N-dealkylation sites (N-methyl/N-ethyl adjacent to an activating group) is 1. The maximum atomic E-state index is 12.8. The molecule has 0 saturated heterocycles. The van der Waals surface area contributed by atoms with Gasteiger partial charge in [0.2, 0.25) is 0 Å². The van der Waals surface area contributed by atoms with Gasteiger partial charge in [-0.05, 0) is 25.7 Å². The van der Waals surface area contributed by atoms with E-state index in [9.17, 15) is 34.1 Å². The molecule has 0 bridgehead atoms. The Morgan fingerprint density at radius 3 is 1.95 bits per heavy atom. The molecule has 0 aliphatic heterocycles. The van der Waals surface area contributed by atoms with Crippen LogP contribution >= 0.6 is 7.82 Å². The number of phosphoric acid groups is 1. The van der Waals surface area contributed by atoms with E-state index in [-0.39, 0.29) is 50.1 Å². The molecule has 0 aromatic carbocycles. The van der Waals surface area contributed by atoms with Gasteiger partial charge in [0, 0.05) is 31.1 Å². The lowest BCUT2D eigenvalue weighted by atomic mass is 9.88. The Kier molecular flexibility index (Phi) is 28.4. The molecule has 1 saturated carbocycles. The fourth-order valence-electron chi connectivity index (χ4n) is 6.73. The third-order valence-electron chi connectivity index (χ3n) is 10.2. The standard InChI is InChI=1S/C42H78NO11P/c1-6-8-10-11-12-13-14-15-16-17-22-26-41(47)51-33-36(34-53-55(49,50)52-31-30-43(3,4)5)54-42(48)27-23-19-18-21-25-37-38(40(46)32-39(37)45)29-28-35(44)24-20-9-7-2/h28-29,35-38,40,44,46H,6-27,30-34H2,1-5H3/p+1/b29-28+/t35-,36+,37+,38+,40+/m0/s1. The first-order chi connectivity index (χ1) is 26.2. The Hall–Kier alpha value is -1.66. The molecule has 0 amide bonds. The van der Waals surface area contributed by atoms with Gasteiger partial charge in [0.1, 0.15) is 25.5 Å². The minimum atomic E-state index is -4.43. The molecule has 55 heavy (non-hydrogen) atoms. The van der Waals surface area contributed by atoms with Crippen molar-refractivity contribution in [1.29, 1.82) is 0 Å². The van der Waals surface area contributed by atoms with E-state index in [0.29, 0.717) is 36.7 Å². The van der Waals surface area contributed by atoms with Gasteiger partial charge in [0.15, 0.2) is 6.10 Å². The molecule has 0 aromatic heterocycles. The SMILES string of the molecule is CCCCCCCCCCCCCC(=O)OC[C@H](COP(=O)(O)OCC[N+](C)(C)C)OC(=O)CCCCCC[C@H]1C(=O)C[C@@H](O)[C@@H]1/C=C/[C@@H](O)CCCCC. The molecular weight excluding hydrogens is 725 g/mol. The second-order valence-electron chi connectivity index (χ2n) is 16.5. The van der Waals surface area contributed by atoms with Crippen LogP contribution in [0.1, 0.15) is 162 Å². The van der Waals surface area contributed by atoms with E-state index in [1.54, 1.807) is 6.08 Å². The normalized spacial score (nSPS) is 19.8. The molecule has 322 valence electrons. The van der Waals surface area contributed by atoms with Crippen LogP contribution in [0.2, 0.25) is 0 Å². The number of unbranched alkanes of at least 4 members (excludes halogenated alkanes) is 15. The summed E-state index contributed by atoms with van der Waals surface area (Å²) in [7, 11) is 1.33. The lowest BCUT2D eigenvalue weighted by molar-refractivity contribution is -0.870. The predicted octanol–water partition coefficient (Wildman–Crippen LogP) is 8.39. The number of carbonyl (C=O) groups is 3. The number of hydrogen-bond acceptors (Lipinski definition) is 10. The number of aliphatic hydroxyl groups is 2. The van der Waals surface area contributed by atoms with Crippen LogP contribution in [0.5, 0.6) is 0 Å². The van der Waals surface area contributed by atoms with Gasteiger partial charge in [-0.3, -0.25) is 23.4 Å². The summed E-state index contributed by atoms with van der Waals surface area (Å²) in [4.78, 5) is 48.1. The molecule has 1 rings (SSSR count). The highest BCUT2D eigenvalue weighted by Gasteiger charge is 2.39. The summed E-state index contributed by atoms with van der Waals surface area (Å²) in [5, 5.41) is 20.7. The molecule has 1 aliphatic rings. The summed E-state index contributed by atoms with van der Waals surface area (Å²) in [5.41, 5.74) is 0. The van der Waals surface area contributed by atoms with Crippen molar-refractivity contribution < 1.29 is 57.1 Å². The smallest absolute Gasteiger partial charge is 0.462 e. The zero-order chi connectivity index (χ0) is 41.0. The summed E-state index contributed by atoms with van der Waals surface area (Å²) in [6.07, 6.45) is 21.6. The second kappa shape index (κ2) is 30.4. The van der Waals surface area contributed by atoms with Crippen LogP contribution < -0.4 is 0 Å². The van der Waals surface area contributed by atoms with Gasteiger partial charge < -0.3 is 29.1 Å². The van der Waals surface area contributed by atoms with E-state index in [0.717, 1.165) is 57.8 Å². The number of nitrogens with zero attached hydrogens (tertiary/aromatic N) is 1. The van der Waals surface area contributed by atoms with E-state index in [4.69, 9.17) is 18.5 Å². The van der Waals surface area contributed by atoms with Gasteiger partial charge in [0.25, 0.3) is 0 Å². The fourth-order valence-corrected chi connectivity index (χ4v) is 7.47. The van der Waals surface area contributed by atoms with Crippen molar-refractivity contribution in [2.75, 3.05) is 47.5 Å². The van der Waals surface area contributed by atoms with Gasteiger partial charge >= 0.3 is 19.8 Å². The topological polar surface area (TPSA) is 166 Å². The Morgan fingerprint density at radius 1 is 0.800 bits per heavy atom. The molecule has 12 nitrogen and oxygen atoms in total. The largest absolute Gasteiger partial charge is 0.472 e. The number of esters is 2. The van der Waals surface area contributed by atoms with E-state index < -0.39 is 44.7 Å². The van der Waals surface area contributed by atoms with Crippen molar-refractivity contribution in [1.82, 2.24) is 0 Å². The van der Waals surface area contributed by atoms with Crippen LogP contribution in [0.25, 0.3) is 0 Å². The van der Waals surface area contributed by atoms with Crippen LogP contribution in [0.4, 0.5) is 0 Å². The molecule has 6 atom stereocenters. The van der Waals surface area contributed by atoms with E-state index in [1.165, 1.54) is 44.9 Å². The van der Waals surface area contributed by atoms with Crippen molar-refractivity contribution in [3.63, 3.8) is 0 Å². The number of Topliss-reactive ketones (excluding diaryl/α,β-unsaturated/α-hetero) is 1. The van der Waals surface area contributed by atoms with Crippen molar-refractivity contribution >= 4 is 25.5 Å². The molecule has 1 fully saturated rings. The maximum Gasteiger partial charge on any atom is 0.472 e. The first kappa shape index (κ1) is 51.4. The lowest BCUT2D eigenvalue weighted by Crippen LogP contribution is -2.37. The Labute approximate surface area is 333 Å². The van der Waals surface area contributed by atoms with Gasteiger partial charge in [-0.2, -0.15) is 0 Å². The maximum absolute atomic E-state index is 12.8. The highest BCUT2D eigenvalue weighted by atomic mass is 31.2. The molecule has 1 unspecified atom stereocenters. The van der Waals surface area contributed by atoms with Crippen LogP contribution in [0.15, 0.2) is 12.2 Å². The highest BCUT2D eigenvalue weighted by Crippen LogP contribution is 2.43. The first-order valence-electron chi connectivity index (χ1n) is 21.5. The molecule has 3 N–H and O–H groups in total. The van der Waals surface area contributed by atoms with Gasteiger partial charge in [-0.15, -0.1) is 0 Å². The number of quaternary nitrogens is 1. The minimum Gasteiger partial charge on any atom is -0.462 e. The van der Waals surface area contributed by atoms with Crippen LogP contribution in [0, 0.1) is 11.8 Å². The van der Waals surface area contributed by atoms with Crippen LogP contribution in [-0.2, 0) is 37.5 Å². The van der Waals surface area contributed by atoms with Gasteiger partial charge in [0.05, 0.1) is 40.0 Å². The second-order valence-corrected chi connectivity index (χ2v) is 18.0. The summed E-state index contributed by atoms with van der Waals surface area (Å²) in [6, 6.07) is 0. The molecule has 1 aliphatic carbocycles. The average Bonchev–Trinajstić information content (AvgIpc) is 3.39. The lowest BCUT2D eigenvalue weighted by Gasteiger charge is -2.24. The number of ketones is 1. The zero-order valence-corrected chi connectivity index (χ0v) is 36.0. The van der Waals surface area contributed by atoms with Crippen molar-refractivity contribution in [2.45, 2.75) is 180 Å². The highest BCUT2D eigenvalue weighted by molar-refractivity contribution is 7.47. The van der Waals surface area contributed by atoms with E-state index >= 15 is 0 Å². The average molecular weight is 805 g/mol. The Bertz CT molecular complexity index is 1110. The minimum absolute atomic E-state index is 0.00915. The molecule has 0 aromatic rings. The monoisotopic (exact) mass is 805 g/mol. The summed E-state index contributed by atoms with van der Waals surface area (Å²) < 4.78 is 34.2. The number of rotatable bonds is 35. The molecular formula is C42H79NO11P+. The summed E-state index contributed by atoms with van der Waals surface area (Å²) in [6.45, 7) is 4.03. The van der Waals surface area contributed by atoms with Crippen LogP contribution in [0.3, 0.4) is 0 Å². The van der Waals surface area contributed by atoms with Crippen LogP contribution in [-0.4, -0.2) is 103 Å². The van der Waals surface area contributed by atoms with E-state index in [2.05, 4.69) is 13.8 Å². The summed E-state index contributed by atoms with van der Waals surface area (Å²) in [5.74, 6) is -1.49. The summed E-state index contributed by atoms with van der Waals surface area (Å²) >= 11 is 0. The van der Waals surface area contributed by atoms with Crippen molar-refractivity contribution in [3.8, 4) is 0 Å². The van der Waals surface area contributed by atoms with Crippen molar-refractivity contribution in [2.24, 2.45) is 11.8 Å². The Morgan fingerprint density at radius 2 is 1.35 bits per heavy atom. The molecule has 13 heteroatoms. The van der Waals surface area contributed by atoms with E-state index in [1.807, 2.05) is 27.2 Å². The third kappa shape index (κ3) is 27.6. The van der Waals surface area contributed by atoms with Gasteiger partial charge in [-0.1, -0.05) is 129 Å². The molecule has 0 spiro atoms.